The standard InChI is InChI=1S/C16H22O4S/c1-9-5-7-13(8-6-9)21-16-15(20-12(4)17)14(18)10(2)11(3)19-16/h5-8,10-11,14-16,18H,1-4H3/t10-,11?,14-,15?,16-/m0/s1. The van der Waals surface area contributed by atoms with Gasteiger partial charge in [-0.3, -0.25) is 4.79 Å². The van der Waals surface area contributed by atoms with Crippen molar-refractivity contribution in [3.8, 4) is 0 Å². The third-order valence-electron chi connectivity index (χ3n) is 3.81. The lowest BCUT2D eigenvalue weighted by molar-refractivity contribution is -0.190. The minimum Gasteiger partial charge on any atom is -0.456 e. The maximum Gasteiger partial charge on any atom is 0.303 e. The van der Waals surface area contributed by atoms with Gasteiger partial charge in [0, 0.05) is 17.7 Å². The molecule has 5 atom stereocenters. The van der Waals surface area contributed by atoms with Gasteiger partial charge in [0.05, 0.1) is 12.2 Å². The molecular weight excluding hydrogens is 288 g/mol. The average molecular weight is 310 g/mol. The van der Waals surface area contributed by atoms with Gasteiger partial charge in [-0.15, -0.1) is 0 Å². The van der Waals surface area contributed by atoms with Crippen molar-refractivity contribution in [1.82, 2.24) is 0 Å². The van der Waals surface area contributed by atoms with Crippen LogP contribution in [-0.2, 0) is 14.3 Å². The molecule has 0 aromatic heterocycles. The Morgan fingerprint density at radius 2 is 1.90 bits per heavy atom. The Bertz CT molecular complexity index is 488. The molecule has 5 heteroatoms. The van der Waals surface area contributed by atoms with Crippen LogP contribution < -0.4 is 0 Å². The van der Waals surface area contributed by atoms with E-state index < -0.39 is 23.6 Å². The van der Waals surface area contributed by atoms with Gasteiger partial charge in [0.25, 0.3) is 0 Å². The summed E-state index contributed by atoms with van der Waals surface area (Å²) in [6.45, 7) is 7.21. The molecule has 1 fully saturated rings. The lowest BCUT2D eigenvalue weighted by atomic mass is 9.92. The number of ether oxygens (including phenoxy) is 2. The van der Waals surface area contributed by atoms with E-state index in [2.05, 4.69) is 0 Å². The molecule has 4 nitrogen and oxygen atoms in total. The van der Waals surface area contributed by atoms with E-state index in [0.717, 1.165) is 4.90 Å². The summed E-state index contributed by atoms with van der Waals surface area (Å²) in [5.74, 6) is -0.483. The molecule has 1 saturated heterocycles. The molecule has 1 aliphatic heterocycles. The topological polar surface area (TPSA) is 55.8 Å². The fourth-order valence-electron chi connectivity index (χ4n) is 2.31. The van der Waals surface area contributed by atoms with E-state index in [9.17, 15) is 9.90 Å². The van der Waals surface area contributed by atoms with Gasteiger partial charge < -0.3 is 14.6 Å². The number of hydrogen-bond acceptors (Lipinski definition) is 5. The molecule has 2 unspecified atom stereocenters. The van der Waals surface area contributed by atoms with Gasteiger partial charge in [-0.25, -0.2) is 0 Å². The number of esters is 1. The van der Waals surface area contributed by atoms with Gasteiger partial charge in [0.2, 0.25) is 0 Å². The number of rotatable bonds is 3. The monoisotopic (exact) mass is 310 g/mol. The fraction of sp³-hybridized carbons (Fsp3) is 0.562. The zero-order chi connectivity index (χ0) is 15.6. The summed E-state index contributed by atoms with van der Waals surface area (Å²) >= 11 is 1.47. The molecule has 0 aliphatic carbocycles. The Hall–Kier alpha value is -1.04. The molecular formula is C16H22O4S. The second kappa shape index (κ2) is 6.81. The second-order valence-electron chi connectivity index (χ2n) is 5.56. The van der Waals surface area contributed by atoms with Crippen molar-refractivity contribution >= 4 is 17.7 Å². The molecule has 0 saturated carbocycles. The van der Waals surface area contributed by atoms with Crippen molar-refractivity contribution in [2.75, 3.05) is 0 Å². The van der Waals surface area contributed by atoms with Crippen LogP contribution in [0.2, 0.25) is 0 Å². The van der Waals surface area contributed by atoms with Gasteiger partial charge in [-0.05, 0) is 26.0 Å². The maximum atomic E-state index is 11.3. The molecule has 116 valence electrons. The van der Waals surface area contributed by atoms with Crippen LogP contribution in [0, 0.1) is 12.8 Å². The number of aliphatic hydroxyl groups is 1. The van der Waals surface area contributed by atoms with Gasteiger partial charge >= 0.3 is 5.97 Å². The molecule has 1 aliphatic rings. The molecule has 0 amide bonds. The van der Waals surface area contributed by atoms with Crippen molar-refractivity contribution < 1.29 is 19.4 Å². The van der Waals surface area contributed by atoms with Crippen LogP contribution in [-0.4, -0.2) is 34.8 Å². The van der Waals surface area contributed by atoms with E-state index in [1.807, 2.05) is 45.0 Å². The van der Waals surface area contributed by atoms with E-state index >= 15 is 0 Å². The number of hydrogen-bond donors (Lipinski definition) is 1. The highest BCUT2D eigenvalue weighted by atomic mass is 32.2. The normalized spacial score (nSPS) is 32.7. The average Bonchev–Trinajstić information content (AvgIpc) is 2.43. The quantitative estimate of drug-likeness (QED) is 0.870. The van der Waals surface area contributed by atoms with E-state index in [1.165, 1.54) is 24.2 Å². The molecule has 1 aromatic carbocycles. The first-order valence-electron chi connectivity index (χ1n) is 7.12. The Labute approximate surface area is 129 Å². The largest absolute Gasteiger partial charge is 0.456 e. The lowest BCUT2D eigenvalue weighted by Crippen LogP contribution is -2.53. The second-order valence-corrected chi connectivity index (χ2v) is 6.74. The van der Waals surface area contributed by atoms with E-state index in [4.69, 9.17) is 9.47 Å². The van der Waals surface area contributed by atoms with Crippen molar-refractivity contribution in [3.05, 3.63) is 29.8 Å². The maximum absolute atomic E-state index is 11.3. The summed E-state index contributed by atoms with van der Waals surface area (Å²) < 4.78 is 11.2. The van der Waals surface area contributed by atoms with Gasteiger partial charge in [-0.1, -0.05) is 36.4 Å². The summed E-state index contributed by atoms with van der Waals surface area (Å²) in [7, 11) is 0. The SMILES string of the molecule is CC(=O)OC1[C@@H](O)[C@@H](C)C(C)O[C@H]1Sc1ccc(C)cc1. The molecule has 21 heavy (non-hydrogen) atoms. The summed E-state index contributed by atoms with van der Waals surface area (Å²) in [5.41, 5.74) is 0.778. The first-order valence-corrected chi connectivity index (χ1v) is 8.00. The first kappa shape index (κ1) is 16.3. The van der Waals surface area contributed by atoms with Crippen molar-refractivity contribution in [3.63, 3.8) is 0 Å². The van der Waals surface area contributed by atoms with Crippen molar-refractivity contribution in [2.24, 2.45) is 5.92 Å². The molecule has 0 bridgehead atoms. The number of carbonyl (C=O) groups is 1. The van der Waals surface area contributed by atoms with E-state index in [1.54, 1.807) is 0 Å². The smallest absolute Gasteiger partial charge is 0.303 e. The van der Waals surface area contributed by atoms with Gasteiger partial charge in [0.1, 0.15) is 5.44 Å². The number of aliphatic hydroxyl groups excluding tert-OH is 1. The highest BCUT2D eigenvalue weighted by Crippen LogP contribution is 2.36. The highest BCUT2D eigenvalue weighted by Gasteiger charge is 2.43. The van der Waals surface area contributed by atoms with Crippen molar-refractivity contribution in [2.45, 2.75) is 56.3 Å². The third-order valence-corrected chi connectivity index (χ3v) is 4.96. The Morgan fingerprint density at radius 3 is 2.48 bits per heavy atom. The first-order chi connectivity index (χ1) is 9.88. The van der Waals surface area contributed by atoms with Crippen LogP contribution in [0.25, 0.3) is 0 Å². The van der Waals surface area contributed by atoms with Gasteiger partial charge in [-0.2, -0.15) is 0 Å². The van der Waals surface area contributed by atoms with E-state index in [-0.39, 0.29) is 12.0 Å². The minimum absolute atomic E-state index is 0.0794. The minimum atomic E-state index is -0.722. The number of thioether (sulfide) groups is 1. The van der Waals surface area contributed by atoms with Crippen molar-refractivity contribution in [1.29, 1.82) is 0 Å². The summed E-state index contributed by atoms with van der Waals surface area (Å²) in [5, 5.41) is 10.4. The van der Waals surface area contributed by atoms with Crippen LogP contribution >= 0.6 is 11.8 Å². The summed E-state index contributed by atoms with van der Waals surface area (Å²) in [6.07, 6.45) is -1.46. The zero-order valence-electron chi connectivity index (χ0n) is 12.8. The Balaban J connectivity index is 2.16. The van der Waals surface area contributed by atoms with Crippen LogP contribution in [0.5, 0.6) is 0 Å². The molecule has 0 radical (unpaired) electrons. The van der Waals surface area contributed by atoms with Crippen LogP contribution in [0.4, 0.5) is 0 Å². The number of carbonyl (C=O) groups excluding carboxylic acids is 1. The number of benzene rings is 1. The highest BCUT2D eigenvalue weighted by molar-refractivity contribution is 7.99. The summed E-state index contributed by atoms with van der Waals surface area (Å²) in [6, 6.07) is 8.05. The van der Waals surface area contributed by atoms with Crippen LogP contribution in [0.15, 0.2) is 29.2 Å². The molecule has 1 aromatic rings. The molecule has 1 N–H and O–H groups in total. The van der Waals surface area contributed by atoms with E-state index in [0.29, 0.717) is 0 Å². The third kappa shape index (κ3) is 3.99. The lowest BCUT2D eigenvalue weighted by Gasteiger charge is -2.41. The Morgan fingerprint density at radius 1 is 1.29 bits per heavy atom. The molecule has 1 heterocycles. The molecule has 2 rings (SSSR count). The predicted octanol–water partition coefficient (Wildman–Crippen LogP) is 2.76. The predicted molar refractivity (Wildman–Crippen MR) is 82.1 cm³/mol. The molecule has 0 spiro atoms. The Kier molecular flexibility index (Phi) is 5.30. The fourth-order valence-corrected chi connectivity index (χ4v) is 3.46. The summed E-state index contributed by atoms with van der Waals surface area (Å²) in [4.78, 5) is 12.3. The van der Waals surface area contributed by atoms with Crippen LogP contribution in [0.3, 0.4) is 0 Å². The zero-order valence-corrected chi connectivity index (χ0v) is 13.6. The number of aryl methyl sites for hydroxylation is 1. The van der Waals surface area contributed by atoms with Gasteiger partial charge in [0.15, 0.2) is 6.10 Å². The van der Waals surface area contributed by atoms with Crippen LogP contribution in [0.1, 0.15) is 26.3 Å².